The van der Waals surface area contributed by atoms with Gasteiger partial charge in [-0.15, -0.1) is 0 Å². The Kier molecular flexibility index (Phi) is 3.76. The van der Waals surface area contributed by atoms with Crippen molar-refractivity contribution in [1.82, 2.24) is 19.7 Å². The van der Waals surface area contributed by atoms with Crippen molar-refractivity contribution in [2.45, 2.75) is 51.6 Å². The molecule has 1 aromatic rings. The first kappa shape index (κ1) is 14.8. The maximum Gasteiger partial charge on any atom is 0.345 e. The minimum Gasteiger partial charge on any atom is -0.480 e. The van der Waals surface area contributed by atoms with E-state index in [1.54, 1.807) is 4.57 Å². The molecule has 2 heterocycles. The fourth-order valence-corrected chi connectivity index (χ4v) is 2.86. The molecule has 0 saturated heterocycles. The van der Waals surface area contributed by atoms with Crippen molar-refractivity contribution in [3.8, 4) is 0 Å². The van der Waals surface area contributed by atoms with Crippen LogP contribution in [0.2, 0.25) is 0 Å². The van der Waals surface area contributed by atoms with Gasteiger partial charge in [-0.3, -0.25) is 14.2 Å². The fraction of sp³-hybridized carbons (Fsp3) is 0.714. The predicted octanol–water partition coefficient (Wildman–Crippen LogP) is -0.248. The molecule has 120 valence electrons. The minimum absolute atomic E-state index is 0.0924. The van der Waals surface area contributed by atoms with Gasteiger partial charge < -0.3 is 10.4 Å². The average molecular weight is 308 g/mol. The summed E-state index contributed by atoms with van der Waals surface area (Å²) in [5.41, 5.74) is -1.30. The number of nitrogens with zero attached hydrogens (tertiary/aromatic N) is 3. The van der Waals surface area contributed by atoms with E-state index in [1.165, 1.54) is 4.68 Å². The standard InChI is InChI=1S/C14H20N4O4/c19-11(14(5-6-14)12(20)21)15-7-3-9-18-13(22)17-8-2-1-4-10(17)16-18/h1-9H2,(H,15,19)(H,20,21). The normalized spacial score (nSPS) is 18.5. The van der Waals surface area contributed by atoms with Gasteiger partial charge in [-0.2, -0.15) is 5.10 Å². The molecule has 0 aromatic carbocycles. The average Bonchev–Trinajstić information content (AvgIpc) is 3.26. The molecule has 1 aromatic heterocycles. The van der Waals surface area contributed by atoms with Crippen LogP contribution in [0.3, 0.4) is 0 Å². The summed E-state index contributed by atoms with van der Waals surface area (Å²) in [5, 5.41) is 16.0. The lowest BCUT2D eigenvalue weighted by atomic mass is 10.1. The quantitative estimate of drug-likeness (QED) is 0.557. The van der Waals surface area contributed by atoms with E-state index in [9.17, 15) is 14.4 Å². The van der Waals surface area contributed by atoms with Gasteiger partial charge in [0.15, 0.2) is 0 Å². The summed E-state index contributed by atoms with van der Waals surface area (Å²) in [6.45, 7) is 1.51. The van der Waals surface area contributed by atoms with Crippen LogP contribution in [-0.2, 0) is 29.1 Å². The summed E-state index contributed by atoms with van der Waals surface area (Å²) in [6, 6.07) is 0. The highest BCUT2D eigenvalue weighted by molar-refractivity contribution is 6.04. The van der Waals surface area contributed by atoms with Crippen LogP contribution < -0.4 is 11.0 Å². The van der Waals surface area contributed by atoms with E-state index >= 15 is 0 Å². The van der Waals surface area contributed by atoms with Crippen molar-refractivity contribution < 1.29 is 14.7 Å². The van der Waals surface area contributed by atoms with Gasteiger partial charge in [0.25, 0.3) is 0 Å². The molecule has 0 radical (unpaired) electrons. The topological polar surface area (TPSA) is 106 Å². The molecule has 1 amide bonds. The summed E-state index contributed by atoms with van der Waals surface area (Å²) in [5.74, 6) is -0.637. The zero-order valence-corrected chi connectivity index (χ0v) is 12.4. The third-order valence-electron chi connectivity index (χ3n) is 4.46. The molecule has 0 unspecified atom stereocenters. The lowest BCUT2D eigenvalue weighted by Crippen LogP contribution is -2.38. The van der Waals surface area contributed by atoms with Gasteiger partial charge in [-0.1, -0.05) is 0 Å². The number of rotatable bonds is 6. The van der Waals surface area contributed by atoms with Crippen molar-refractivity contribution in [2.75, 3.05) is 6.54 Å². The molecule has 2 aliphatic rings. The van der Waals surface area contributed by atoms with E-state index in [0.717, 1.165) is 31.6 Å². The molecule has 0 bridgehead atoms. The number of aliphatic carboxylic acids is 1. The van der Waals surface area contributed by atoms with Gasteiger partial charge >= 0.3 is 11.7 Å². The molecule has 1 aliphatic carbocycles. The van der Waals surface area contributed by atoms with Gasteiger partial charge in [0, 0.05) is 26.1 Å². The molecular formula is C14H20N4O4. The Balaban J connectivity index is 1.50. The molecule has 0 atom stereocenters. The number of carboxylic acid groups (broad SMARTS) is 1. The van der Waals surface area contributed by atoms with Crippen molar-refractivity contribution in [2.24, 2.45) is 5.41 Å². The zero-order chi connectivity index (χ0) is 15.7. The Hall–Kier alpha value is -2.12. The molecule has 3 rings (SSSR count). The minimum atomic E-state index is -1.20. The van der Waals surface area contributed by atoms with Crippen LogP contribution in [0.5, 0.6) is 0 Å². The monoisotopic (exact) mass is 308 g/mol. The number of hydrogen-bond donors (Lipinski definition) is 2. The highest BCUT2D eigenvalue weighted by atomic mass is 16.4. The molecule has 8 nitrogen and oxygen atoms in total. The number of fused-ring (bicyclic) bond motifs is 1. The first-order valence-electron chi connectivity index (χ1n) is 7.73. The van der Waals surface area contributed by atoms with Crippen LogP contribution in [0.1, 0.15) is 37.9 Å². The van der Waals surface area contributed by atoms with Crippen molar-refractivity contribution >= 4 is 11.9 Å². The first-order chi connectivity index (χ1) is 10.5. The van der Waals surface area contributed by atoms with E-state index in [-0.39, 0.29) is 5.69 Å². The predicted molar refractivity (Wildman–Crippen MR) is 76.4 cm³/mol. The van der Waals surface area contributed by atoms with Crippen molar-refractivity contribution in [3.63, 3.8) is 0 Å². The van der Waals surface area contributed by atoms with Crippen LogP contribution in [0.15, 0.2) is 4.79 Å². The van der Waals surface area contributed by atoms with E-state index in [1.807, 2.05) is 0 Å². The number of amides is 1. The maximum absolute atomic E-state index is 12.1. The summed E-state index contributed by atoms with van der Waals surface area (Å²) in [4.78, 5) is 34.9. The van der Waals surface area contributed by atoms with Crippen LogP contribution in [-0.4, -0.2) is 37.9 Å². The third kappa shape index (κ3) is 2.53. The first-order valence-corrected chi connectivity index (χ1v) is 7.73. The molecular weight excluding hydrogens is 288 g/mol. The largest absolute Gasteiger partial charge is 0.480 e. The number of carbonyl (C=O) groups is 2. The van der Waals surface area contributed by atoms with Gasteiger partial charge in [-0.25, -0.2) is 9.48 Å². The maximum atomic E-state index is 12.1. The van der Waals surface area contributed by atoms with Gasteiger partial charge in [0.05, 0.1) is 0 Å². The Morgan fingerprint density at radius 3 is 2.73 bits per heavy atom. The number of aromatic nitrogens is 3. The van der Waals surface area contributed by atoms with Gasteiger partial charge in [0.2, 0.25) is 5.91 Å². The van der Waals surface area contributed by atoms with Crippen LogP contribution in [0.25, 0.3) is 0 Å². The lowest BCUT2D eigenvalue weighted by molar-refractivity contribution is -0.149. The third-order valence-corrected chi connectivity index (χ3v) is 4.46. The van der Waals surface area contributed by atoms with Crippen LogP contribution in [0.4, 0.5) is 0 Å². The second-order valence-corrected chi connectivity index (χ2v) is 6.03. The van der Waals surface area contributed by atoms with E-state index in [4.69, 9.17) is 5.11 Å². The second-order valence-electron chi connectivity index (χ2n) is 6.03. The zero-order valence-electron chi connectivity index (χ0n) is 12.4. The number of carbonyl (C=O) groups excluding carboxylic acids is 1. The highest BCUT2D eigenvalue weighted by Gasteiger charge is 2.56. The molecule has 8 heteroatoms. The molecule has 1 aliphatic heterocycles. The summed E-state index contributed by atoms with van der Waals surface area (Å²) < 4.78 is 3.16. The Morgan fingerprint density at radius 1 is 1.32 bits per heavy atom. The molecule has 0 spiro atoms. The number of carboxylic acids is 1. The molecule has 2 N–H and O–H groups in total. The molecule has 22 heavy (non-hydrogen) atoms. The summed E-state index contributed by atoms with van der Waals surface area (Å²) in [6.07, 6.45) is 4.26. The number of hydrogen-bond acceptors (Lipinski definition) is 4. The summed E-state index contributed by atoms with van der Waals surface area (Å²) in [7, 11) is 0. The van der Waals surface area contributed by atoms with Crippen molar-refractivity contribution in [3.05, 3.63) is 16.3 Å². The lowest BCUT2D eigenvalue weighted by Gasteiger charge is -2.10. The molecule has 1 saturated carbocycles. The van der Waals surface area contributed by atoms with Gasteiger partial charge in [-0.05, 0) is 32.1 Å². The van der Waals surface area contributed by atoms with Crippen LogP contribution in [0, 0.1) is 5.41 Å². The second kappa shape index (κ2) is 5.58. The Labute approximate surface area is 127 Å². The van der Waals surface area contributed by atoms with E-state index in [0.29, 0.717) is 32.4 Å². The molecule has 1 fully saturated rings. The number of aryl methyl sites for hydroxylation is 2. The van der Waals surface area contributed by atoms with E-state index in [2.05, 4.69) is 10.4 Å². The highest BCUT2D eigenvalue weighted by Crippen LogP contribution is 2.45. The van der Waals surface area contributed by atoms with Crippen LogP contribution >= 0.6 is 0 Å². The van der Waals surface area contributed by atoms with Crippen molar-refractivity contribution in [1.29, 1.82) is 0 Å². The number of nitrogens with one attached hydrogen (secondary N) is 1. The SMILES string of the molecule is O=C(O)C1(C(=O)NCCCn2nc3n(c2=O)CCCC3)CC1. The Bertz CT molecular complexity index is 656. The fourth-order valence-electron chi connectivity index (χ4n) is 2.86. The van der Waals surface area contributed by atoms with E-state index < -0.39 is 17.3 Å². The Morgan fingerprint density at radius 2 is 2.09 bits per heavy atom. The smallest absolute Gasteiger partial charge is 0.345 e. The summed E-state index contributed by atoms with van der Waals surface area (Å²) >= 11 is 0. The van der Waals surface area contributed by atoms with Gasteiger partial charge in [0.1, 0.15) is 11.2 Å².